The van der Waals surface area contributed by atoms with Gasteiger partial charge < -0.3 is 16.0 Å². The van der Waals surface area contributed by atoms with Crippen LogP contribution in [0.5, 0.6) is 0 Å². The fourth-order valence-electron chi connectivity index (χ4n) is 1.90. The lowest BCUT2D eigenvalue weighted by atomic mass is 9.90. The van der Waals surface area contributed by atoms with Crippen molar-refractivity contribution in [1.29, 1.82) is 0 Å². The van der Waals surface area contributed by atoms with Gasteiger partial charge in [-0.05, 0) is 33.0 Å². The summed E-state index contributed by atoms with van der Waals surface area (Å²) >= 11 is 0. The summed E-state index contributed by atoms with van der Waals surface area (Å²) in [6.07, 6.45) is 0.931. The first kappa shape index (κ1) is 10.5. The van der Waals surface area contributed by atoms with Gasteiger partial charge in [0.25, 0.3) is 0 Å². The maximum atomic E-state index is 11.0. The van der Waals surface area contributed by atoms with Crippen molar-refractivity contribution in [3.8, 4) is 0 Å². The van der Waals surface area contributed by atoms with Crippen molar-refractivity contribution in [2.75, 3.05) is 33.7 Å². The zero-order valence-corrected chi connectivity index (χ0v) is 8.42. The van der Waals surface area contributed by atoms with Crippen LogP contribution >= 0.6 is 0 Å². The summed E-state index contributed by atoms with van der Waals surface area (Å²) in [4.78, 5) is 13.1. The number of nitrogens with zero attached hydrogens (tertiary/aromatic N) is 1. The van der Waals surface area contributed by atoms with E-state index in [1.54, 1.807) is 0 Å². The number of hydrogen-bond acceptors (Lipinski definition) is 3. The average Bonchev–Trinajstić information content (AvgIpc) is 2.03. The van der Waals surface area contributed by atoms with E-state index in [0.29, 0.717) is 5.92 Å². The van der Waals surface area contributed by atoms with Gasteiger partial charge in [0.05, 0.1) is 5.92 Å². The van der Waals surface area contributed by atoms with Crippen molar-refractivity contribution in [3.05, 3.63) is 0 Å². The van der Waals surface area contributed by atoms with Gasteiger partial charge in [-0.3, -0.25) is 4.79 Å². The highest BCUT2D eigenvalue weighted by Gasteiger charge is 2.25. The second-order valence-corrected chi connectivity index (χ2v) is 4.12. The minimum absolute atomic E-state index is 0.0266. The minimum atomic E-state index is -0.170. The van der Waals surface area contributed by atoms with Crippen molar-refractivity contribution >= 4 is 5.91 Å². The first-order chi connectivity index (χ1) is 6.09. The van der Waals surface area contributed by atoms with Gasteiger partial charge in [0.2, 0.25) is 5.91 Å². The number of carbonyl (C=O) groups is 1. The summed E-state index contributed by atoms with van der Waals surface area (Å²) in [6.45, 7) is 2.78. The number of rotatable bonds is 3. The molecule has 1 amide bonds. The molecule has 4 nitrogen and oxygen atoms in total. The van der Waals surface area contributed by atoms with Crippen LogP contribution in [0.25, 0.3) is 0 Å². The number of nitrogens with two attached hydrogens (primary N) is 1. The van der Waals surface area contributed by atoms with Gasteiger partial charge in [-0.1, -0.05) is 0 Å². The predicted molar refractivity (Wildman–Crippen MR) is 52.2 cm³/mol. The highest BCUT2D eigenvalue weighted by Crippen LogP contribution is 2.16. The Morgan fingerprint density at radius 3 is 2.77 bits per heavy atom. The van der Waals surface area contributed by atoms with Crippen LogP contribution < -0.4 is 11.1 Å². The number of primary amides is 1. The largest absolute Gasteiger partial charge is 0.369 e. The molecule has 1 fully saturated rings. The van der Waals surface area contributed by atoms with Crippen molar-refractivity contribution < 1.29 is 4.79 Å². The summed E-state index contributed by atoms with van der Waals surface area (Å²) in [5.74, 6) is 0.413. The lowest BCUT2D eigenvalue weighted by Crippen LogP contribution is -2.44. The van der Waals surface area contributed by atoms with E-state index >= 15 is 0 Å². The fourth-order valence-corrected chi connectivity index (χ4v) is 1.90. The number of amides is 1. The first-order valence-electron chi connectivity index (χ1n) is 4.74. The van der Waals surface area contributed by atoms with Crippen molar-refractivity contribution in [2.45, 2.75) is 6.42 Å². The number of nitrogens with one attached hydrogen (secondary N) is 1. The quantitative estimate of drug-likeness (QED) is 0.609. The van der Waals surface area contributed by atoms with Crippen molar-refractivity contribution in [1.82, 2.24) is 10.2 Å². The lowest BCUT2D eigenvalue weighted by Gasteiger charge is -2.29. The molecule has 76 valence electrons. The van der Waals surface area contributed by atoms with Crippen LogP contribution in [-0.4, -0.2) is 44.5 Å². The van der Waals surface area contributed by atoms with Gasteiger partial charge in [0.1, 0.15) is 0 Å². The smallest absolute Gasteiger partial charge is 0.221 e. The van der Waals surface area contributed by atoms with E-state index in [2.05, 4.69) is 10.2 Å². The van der Waals surface area contributed by atoms with Gasteiger partial charge in [-0.25, -0.2) is 0 Å². The summed E-state index contributed by atoms with van der Waals surface area (Å²) < 4.78 is 0. The molecule has 2 unspecified atom stereocenters. The topological polar surface area (TPSA) is 58.4 Å². The zero-order chi connectivity index (χ0) is 9.84. The molecule has 0 aromatic rings. The highest BCUT2D eigenvalue weighted by atomic mass is 16.1. The zero-order valence-electron chi connectivity index (χ0n) is 8.42. The normalized spacial score (nSPS) is 29.2. The van der Waals surface area contributed by atoms with E-state index in [-0.39, 0.29) is 11.8 Å². The monoisotopic (exact) mass is 185 g/mol. The molecule has 0 aromatic heterocycles. The number of hydrogen-bond donors (Lipinski definition) is 2. The van der Waals surface area contributed by atoms with Crippen LogP contribution in [0.2, 0.25) is 0 Å². The Balaban J connectivity index is 2.37. The molecule has 13 heavy (non-hydrogen) atoms. The number of carbonyl (C=O) groups excluding carboxylic acids is 1. The van der Waals surface area contributed by atoms with E-state index < -0.39 is 0 Å². The molecule has 0 saturated carbocycles. The van der Waals surface area contributed by atoms with Gasteiger partial charge in [-0.15, -0.1) is 0 Å². The average molecular weight is 185 g/mol. The molecule has 1 rings (SSSR count). The summed E-state index contributed by atoms with van der Waals surface area (Å²) in [5.41, 5.74) is 5.27. The van der Waals surface area contributed by atoms with E-state index in [4.69, 9.17) is 5.73 Å². The third-order valence-corrected chi connectivity index (χ3v) is 2.47. The van der Waals surface area contributed by atoms with Crippen LogP contribution in [0.4, 0.5) is 0 Å². The molecular formula is C9H19N3O. The van der Waals surface area contributed by atoms with Gasteiger partial charge in [0, 0.05) is 13.1 Å². The van der Waals surface area contributed by atoms with Crippen LogP contribution in [-0.2, 0) is 4.79 Å². The Morgan fingerprint density at radius 2 is 2.23 bits per heavy atom. The second kappa shape index (κ2) is 4.58. The summed E-state index contributed by atoms with van der Waals surface area (Å²) in [5, 5.41) is 3.24. The molecule has 2 atom stereocenters. The number of piperidine rings is 1. The maximum absolute atomic E-state index is 11.0. The molecule has 4 heteroatoms. The van der Waals surface area contributed by atoms with E-state index in [1.807, 2.05) is 14.1 Å². The second-order valence-electron chi connectivity index (χ2n) is 4.12. The molecule has 0 aliphatic carbocycles. The summed E-state index contributed by atoms with van der Waals surface area (Å²) in [6, 6.07) is 0. The Labute approximate surface area is 79.5 Å². The molecule has 0 radical (unpaired) electrons. The van der Waals surface area contributed by atoms with Crippen LogP contribution in [0.1, 0.15) is 6.42 Å². The van der Waals surface area contributed by atoms with Crippen LogP contribution in [0.15, 0.2) is 0 Å². The van der Waals surface area contributed by atoms with E-state index in [0.717, 1.165) is 26.1 Å². The van der Waals surface area contributed by atoms with Crippen molar-refractivity contribution in [2.24, 2.45) is 17.6 Å². The third-order valence-electron chi connectivity index (χ3n) is 2.47. The standard InChI is InChI=1S/C9H19N3O/c1-12(2)6-7-3-8(9(10)13)5-11-4-7/h7-8,11H,3-6H2,1-2H3,(H2,10,13). The molecule has 3 N–H and O–H groups in total. The molecule has 0 aromatic carbocycles. The molecule has 1 heterocycles. The predicted octanol–water partition coefficient (Wildman–Crippen LogP) is -0.741. The van der Waals surface area contributed by atoms with Gasteiger partial charge >= 0.3 is 0 Å². The van der Waals surface area contributed by atoms with Crippen molar-refractivity contribution in [3.63, 3.8) is 0 Å². The SMILES string of the molecule is CN(C)CC1CNCC(C(N)=O)C1. The Morgan fingerprint density at radius 1 is 1.54 bits per heavy atom. The fraction of sp³-hybridized carbons (Fsp3) is 0.889. The molecule has 0 spiro atoms. The van der Waals surface area contributed by atoms with Gasteiger partial charge in [-0.2, -0.15) is 0 Å². The van der Waals surface area contributed by atoms with E-state index in [9.17, 15) is 4.79 Å². The molecule has 1 aliphatic rings. The van der Waals surface area contributed by atoms with Crippen LogP contribution in [0.3, 0.4) is 0 Å². The molecule has 0 bridgehead atoms. The maximum Gasteiger partial charge on any atom is 0.221 e. The van der Waals surface area contributed by atoms with Gasteiger partial charge in [0.15, 0.2) is 0 Å². The highest BCUT2D eigenvalue weighted by molar-refractivity contribution is 5.77. The lowest BCUT2D eigenvalue weighted by molar-refractivity contribution is -0.122. The third kappa shape index (κ3) is 3.32. The Bertz CT molecular complexity index is 182. The minimum Gasteiger partial charge on any atom is -0.369 e. The summed E-state index contributed by atoms with van der Waals surface area (Å²) in [7, 11) is 4.10. The van der Waals surface area contributed by atoms with E-state index in [1.165, 1.54) is 0 Å². The first-order valence-corrected chi connectivity index (χ1v) is 4.74. The Kier molecular flexibility index (Phi) is 3.69. The molecular weight excluding hydrogens is 166 g/mol. The molecule has 1 saturated heterocycles. The van der Waals surface area contributed by atoms with Crippen LogP contribution in [0, 0.1) is 11.8 Å². The molecule has 1 aliphatic heterocycles. The Hall–Kier alpha value is -0.610.